The number of pyridine rings is 1. The molecular formula is C11H18ClN3O4S2. The molecular weight excluding hydrogens is 338 g/mol. The van der Waals surface area contributed by atoms with Crippen LogP contribution in [0, 0.1) is 0 Å². The number of piperazine rings is 1. The summed E-state index contributed by atoms with van der Waals surface area (Å²) in [4.78, 5) is 3.73. The molecule has 0 aromatic carbocycles. The Morgan fingerprint density at radius 3 is 2.43 bits per heavy atom. The predicted octanol–water partition coefficient (Wildman–Crippen LogP) is -0.111. The summed E-state index contributed by atoms with van der Waals surface area (Å²) in [5.74, 6) is 0. The van der Waals surface area contributed by atoms with Gasteiger partial charge in [-0.25, -0.2) is 21.8 Å². The van der Waals surface area contributed by atoms with E-state index in [9.17, 15) is 16.8 Å². The molecule has 7 nitrogen and oxygen atoms in total. The van der Waals surface area contributed by atoms with Gasteiger partial charge < -0.3 is 5.32 Å². The van der Waals surface area contributed by atoms with Gasteiger partial charge in [0.2, 0.25) is 10.0 Å². The van der Waals surface area contributed by atoms with Crippen LogP contribution in [0.4, 0.5) is 0 Å². The highest BCUT2D eigenvalue weighted by Gasteiger charge is 2.28. The molecule has 21 heavy (non-hydrogen) atoms. The molecule has 0 radical (unpaired) electrons. The maximum atomic E-state index is 12.4. The average molecular weight is 356 g/mol. The summed E-state index contributed by atoms with van der Waals surface area (Å²) in [6.07, 6.45) is 2.12. The summed E-state index contributed by atoms with van der Waals surface area (Å²) >= 11 is 0. The second kappa shape index (κ2) is 6.57. The summed E-state index contributed by atoms with van der Waals surface area (Å²) in [6.45, 7) is 3.28. The van der Waals surface area contributed by atoms with Crippen molar-refractivity contribution in [2.75, 3.05) is 25.9 Å². The lowest BCUT2D eigenvalue weighted by Gasteiger charge is -2.30. The third-order valence-electron chi connectivity index (χ3n) is 3.06. The number of sulfone groups is 1. The van der Waals surface area contributed by atoms with Crippen LogP contribution < -0.4 is 5.32 Å². The van der Waals surface area contributed by atoms with Crippen LogP contribution in [0.15, 0.2) is 28.3 Å². The van der Waals surface area contributed by atoms with Gasteiger partial charge in [0.05, 0.1) is 0 Å². The molecule has 2 heterocycles. The van der Waals surface area contributed by atoms with E-state index in [0.29, 0.717) is 19.6 Å². The minimum Gasteiger partial charge on any atom is -0.312 e. The first kappa shape index (κ1) is 18.3. The maximum Gasteiger partial charge on any atom is 0.244 e. The molecule has 1 aromatic rings. The van der Waals surface area contributed by atoms with E-state index in [-0.39, 0.29) is 28.4 Å². The van der Waals surface area contributed by atoms with Crippen molar-refractivity contribution >= 4 is 32.3 Å². The van der Waals surface area contributed by atoms with Crippen LogP contribution in [-0.2, 0) is 19.9 Å². The van der Waals surface area contributed by atoms with Crippen LogP contribution >= 0.6 is 12.4 Å². The molecule has 2 rings (SSSR count). The molecule has 1 aromatic heterocycles. The zero-order valence-corrected chi connectivity index (χ0v) is 14.1. The predicted molar refractivity (Wildman–Crippen MR) is 80.8 cm³/mol. The molecule has 1 N–H and O–H groups in total. The molecule has 1 aliphatic rings. The molecule has 1 aliphatic heterocycles. The van der Waals surface area contributed by atoms with Crippen LogP contribution in [0.25, 0.3) is 0 Å². The first-order valence-electron chi connectivity index (χ1n) is 6.11. The van der Waals surface area contributed by atoms with Crippen molar-refractivity contribution in [2.45, 2.75) is 22.9 Å². The standard InChI is InChI=1S/C11H17N3O4S2.ClH/c1-9-8-14(6-5-12-9)20(17,18)10-3-4-11(13-7-10)19(2,15)16;/h3-4,7,9,12H,5-6,8H2,1-2H3;1H. The van der Waals surface area contributed by atoms with E-state index in [1.807, 2.05) is 6.92 Å². The van der Waals surface area contributed by atoms with Crippen molar-refractivity contribution in [1.82, 2.24) is 14.6 Å². The Balaban J connectivity index is 0.00000220. The number of aromatic nitrogens is 1. The van der Waals surface area contributed by atoms with Gasteiger partial charge in [0, 0.05) is 38.1 Å². The number of sulfonamides is 1. The van der Waals surface area contributed by atoms with Gasteiger partial charge >= 0.3 is 0 Å². The first-order chi connectivity index (χ1) is 9.21. The molecule has 0 amide bonds. The molecule has 1 atom stereocenters. The SMILES string of the molecule is CC1CN(S(=O)(=O)c2ccc(S(C)(=O)=O)nc2)CCN1.Cl. The normalized spacial score (nSPS) is 20.8. The van der Waals surface area contributed by atoms with Crippen molar-refractivity contribution in [1.29, 1.82) is 0 Å². The molecule has 1 fully saturated rings. The second-order valence-electron chi connectivity index (χ2n) is 4.82. The monoisotopic (exact) mass is 355 g/mol. The van der Waals surface area contributed by atoms with Crippen LogP contribution in [0.3, 0.4) is 0 Å². The Kier molecular flexibility index (Phi) is 5.73. The average Bonchev–Trinajstić information content (AvgIpc) is 2.38. The molecule has 0 saturated carbocycles. The number of nitrogens with zero attached hydrogens (tertiary/aromatic N) is 2. The van der Waals surface area contributed by atoms with E-state index in [4.69, 9.17) is 0 Å². The van der Waals surface area contributed by atoms with E-state index in [0.717, 1.165) is 12.5 Å². The van der Waals surface area contributed by atoms with Gasteiger partial charge in [-0.2, -0.15) is 4.31 Å². The van der Waals surface area contributed by atoms with Gasteiger partial charge in [-0.3, -0.25) is 0 Å². The van der Waals surface area contributed by atoms with E-state index in [1.54, 1.807) is 0 Å². The van der Waals surface area contributed by atoms with Gasteiger partial charge in [-0.05, 0) is 19.1 Å². The van der Waals surface area contributed by atoms with Gasteiger partial charge in [-0.15, -0.1) is 12.4 Å². The van der Waals surface area contributed by atoms with Crippen molar-refractivity contribution in [3.8, 4) is 0 Å². The van der Waals surface area contributed by atoms with Crippen molar-refractivity contribution in [2.24, 2.45) is 0 Å². The van der Waals surface area contributed by atoms with E-state index < -0.39 is 19.9 Å². The highest BCUT2D eigenvalue weighted by Crippen LogP contribution is 2.17. The zero-order chi connectivity index (χ0) is 15.0. The summed E-state index contributed by atoms with van der Waals surface area (Å²) in [7, 11) is -7.05. The van der Waals surface area contributed by atoms with Crippen molar-refractivity contribution < 1.29 is 16.8 Å². The number of nitrogens with one attached hydrogen (secondary N) is 1. The minimum absolute atomic E-state index is 0. The Morgan fingerprint density at radius 2 is 1.95 bits per heavy atom. The molecule has 1 unspecified atom stereocenters. The summed E-state index contributed by atoms with van der Waals surface area (Å²) < 4.78 is 48.8. The van der Waals surface area contributed by atoms with Gasteiger partial charge in [0.25, 0.3) is 0 Å². The molecule has 0 aliphatic carbocycles. The zero-order valence-electron chi connectivity index (χ0n) is 11.7. The number of hydrogen-bond acceptors (Lipinski definition) is 6. The summed E-state index contributed by atoms with van der Waals surface area (Å²) in [6, 6.07) is 2.58. The fraction of sp³-hybridized carbons (Fsp3) is 0.545. The van der Waals surface area contributed by atoms with E-state index in [1.165, 1.54) is 16.4 Å². The second-order valence-corrected chi connectivity index (χ2v) is 8.72. The van der Waals surface area contributed by atoms with Crippen molar-refractivity contribution in [3.63, 3.8) is 0 Å². The lowest BCUT2D eigenvalue weighted by atomic mass is 10.3. The van der Waals surface area contributed by atoms with Crippen LogP contribution in [0.5, 0.6) is 0 Å². The van der Waals surface area contributed by atoms with Crippen LogP contribution in [0.1, 0.15) is 6.92 Å². The fourth-order valence-electron chi connectivity index (χ4n) is 2.00. The highest BCUT2D eigenvalue weighted by atomic mass is 35.5. The molecule has 10 heteroatoms. The Morgan fingerprint density at radius 1 is 1.29 bits per heavy atom. The first-order valence-corrected chi connectivity index (χ1v) is 9.44. The number of halogens is 1. The maximum absolute atomic E-state index is 12.4. The van der Waals surface area contributed by atoms with Gasteiger partial charge in [0.15, 0.2) is 14.9 Å². The third-order valence-corrected chi connectivity index (χ3v) is 5.91. The summed E-state index contributed by atoms with van der Waals surface area (Å²) in [5.41, 5.74) is 0. The Bertz CT molecular complexity index is 689. The largest absolute Gasteiger partial charge is 0.312 e. The third kappa shape index (κ3) is 4.13. The summed E-state index contributed by atoms with van der Waals surface area (Å²) in [5, 5.41) is 3.03. The van der Waals surface area contributed by atoms with Crippen LogP contribution in [-0.4, -0.2) is 58.1 Å². The molecule has 0 spiro atoms. The van der Waals surface area contributed by atoms with E-state index >= 15 is 0 Å². The number of rotatable bonds is 3. The molecule has 0 bridgehead atoms. The van der Waals surface area contributed by atoms with Crippen LogP contribution in [0.2, 0.25) is 0 Å². The van der Waals surface area contributed by atoms with Gasteiger partial charge in [-0.1, -0.05) is 0 Å². The van der Waals surface area contributed by atoms with E-state index in [2.05, 4.69) is 10.3 Å². The number of hydrogen-bond donors (Lipinski definition) is 1. The minimum atomic E-state index is -3.62. The molecule has 1 saturated heterocycles. The van der Waals surface area contributed by atoms with Gasteiger partial charge in [0.1, 0.15) is 4.90 Å². The fourth-order valence-corrected chi connectivity index (χ4v) is 4.04. The molecule has 120 valence electrons. The smallest absolute Gasteiger partial charge is 0.244 e. The lowest BCUT2D eigenvalue weighted by Crippen LogP contribution is -2.51. The van der Waals surface area contributed by atoms with Crippen molar-refractivity contribution in [3.05, 3.63) is 18.3 Å². The lowest BCUT2D eigenvalue weighted by molar-refractivity contribution is 0.310. The Hall–Kier alpha value is -0.740. The Labute approximate surface area is 131 Å². The topological polar surface area (TPSA) is 96.4 Å². The highest BCUT2D eigenvalue weighted by molar-refractivity contribution is 7.90. The quantitative estimate of drug-likeness (QED) is 0.812.